The summed E-state index contributed by atoms with van der Waals surface area (Å²) in [6.07, 6.45) is 1.12. The van der Waals surface area contributed by atoms with Crippen LogP contribution in [-0.4, -0.2) is 6.54 Å². The fraction of sp³-hybridized carbons (Fsp3) is 0.333. The summed E-state index contributed by atoms with van der Waals surface area (Å²) < 4.78 is 5.87. The van der Waals surface area contributed by atoms with Gasteiger partial charge in [-0.2, -0.15) is 0 Å². The van der Waals surface area contributed by atoms with E-state index >= 15 is 0 Å². The monoisotopic (exact) mass is 303 g/mol. The van der Waals surface area contributed by atoms with Gasteiger partial charge in [0.05, 0.1) is 0 Å². The lowest BCUT2D eigenvalue weighted by Crippen LogP contribution is -2.13. The van der Waals surface area contributed by atoms with Crippen LogP contribution < -0.4 is 10.1 Å². The molecule has 0 aromatic heterocycles. The Kier molecular flexibility index (Phi) is 5.66. The van der Waals surface area contributed by atoms with Crippen molar-refractivity contribution in [2.45, 2.75) is 33.7 Å². The second-order valence-corrected chi connectivity index (χ2v) is 5.69. The van der Waals surface area contributed by atoms with Crippen LogP contribution in [0.2, 0.25) is 5.02 Å². The number of benzene rings is 2. The predicted molar refractivity (Wildman–Crippen MR) is 89.4 cm³/mol. The molecule has 0 radical (unpaired) electrons. The predicted octanol–water partition coefficient (Wildman–Crippen LogP) is 5.25. The molecule has 2 aromatic carbocycles. The van der Waals surface area contributed by atoms with Crippen molar-refractivity contribution in [3.8, 4) is 11.5 Å². The molecule has 0 unspecified atom stereocenters. The molecule has 0 fully saturated rings. The Bertz CT molecular complexity index is 610. The van der Waals surface area contributed by atoms with E-state index in [4.69, 9.17) is 16.3 Å². The van der Waals surface area contributed by atoms with Crippen LogP contribution in [0.1, 0.15) is 30.0 Å². The highest BCUT2D eigenvalue weighted by molar-refractivity contribution is 6.31. The van der Waals surface area contributed by atoms with E-state index in [1.165, 1.54) is 11.1 Å². The van der Waals surface area contributed by atoms with E-state index in [2.05, 4.69) is 32.2 Å². The Morgan fingerprint density at radius 2 is 1.71 bits per heavy atom. The first-order chi connectivity index (χ1) is 10.1. The van der Waals surface area contributed by atoms with Crippen LogP contribution in [0.25, 0.3) is 0 Å². The highest BCUT2D eigenvalue weighted by atomic mass is 35.5. The van der Waals surface area contributed by atoms with Crippen molar-refractivity contribution in [1.82, 2.24) is 5.32 Å². The number of nitrogens with one attached hydrogen (secondary N) is 1. The third-order valence-corrected chi connectivity index (χ3v) is 3.83. The molecule has 0 aliphatic rings. The largest absolute Gasteiger partial charge is 0.457 e. The average Bonchev–Trinajstić information content (AvgIpc) is 2.45. The molecule has 0 bridgehead atoms. The molecule has 0 atom stereocenters. The molecular formula is C18H22ClNO. The van der Waals surface area contributed by atoms with Gasteiger partial charge in [0.15, 0.2) is 0 Å². The number of halogens is 1. The van der Waals surface area contributed by atoms with Gasteiger partial charge in [0, 0.05) is 11.6 Å². The highest BCUT2D eigenvalue weighted by Gasteiger charge is 2.04. The molecule has 0 saturated carbocycles. The van der Waals surface area contributed by atoms with Crippen LogP contribution in [0, 0.1) is 13.8 Å². The second-order valence-electron chi connectivity index (χ2n) is 5.28. The number of aryl methyl sites for hydroxylation is 2. The quantitative estimate of drug-likeness (QED) is 0.736. The molecule has 2 aromatic rings. The molecule has 0 saturated heterocycles. The molecule has 1 N–H and O–H groups in total. The lowest BCUT2D eigenvalue weighted by Gasteiger charge is -2.10. The standard InChI is InChI=1S/C18H22ClNO/c1-4-9-20-12-15-6-8-17(11-18(15)19)21-16-7-5-13(2)14(3)10-16/h5-8,10-11,20H,4,9,12H2,1-3H3. The summed E-state index contributed by atoms with van der Waals surface area (Å²) in [6, 6.07) is 11.9. The fourth-order valence-electron chi connectivity index (χ4n) is 2.05. The van der Waals surface area contributed by atoms with Crippen LogP contribution in [0.3, 0.4) is 0 Å². The van der Waals surface area contributed by atoms with Crippen LogP contribution in [-0.2, 0) is 6.54 Å². The molecule has 0 spiro atoms. The molecule has 0 heterocycles. The van der Waals surface area contributed by atoms with Gasteiger partial charge in [-0.3, -0.25) is 0 Å². The zero-order valence-corrected chi connectivity index (χ0v) is 13.6. The van der Waals surface area contributed by atoms with Crippen LogP contribution >= 0.6 is 11.6 Å². The summed E-state index contributed by atoms with van der Waals surface area (Å²) in [5.74, 6) is 1.61. The number of hydrogen-bond donors (Lipinski definition) is 1. The van der Waals surface area contributed by atoms with E-state index in [1.54, 1.807) is 0 Å². The van der Waals surface area contributed by atoms with Crippen molar-refractivity contribution < 1.29 is 4.74 Å². The van der Waals surface area contributed by atoms with Crippen molar-refractivity contribution in [3.05, 3.63) is 58.1 Å². The molecule has 21 heavy (non-hydrogen) atoms. The van der Waals surface area contributed by atoms with Gasteiger partial charge in [-0.1, -0.05) is 30.7 Å². The van der Waals surface area contributed by atoms with Gasteiger partial charge >= 0.3 is 0 Å². The Balaban J connectivity index is 2.07. The van der Waals surface area contributed by atoms with Gasteiger partial charge in [0.25, 0.3) is 0 Å². The Labute approximate surface area is 132 Å². The summed E-state index contributed by atoms with van der Waals surface area (Å²) >= 11 is 6.31. The maximum Gasteiger partial charge on any atom is 0.128 e. The molecule has 0 amide bonds. The van der Waals surface area contributed by atoms with Gasteiger partial charge in [0.1, 0.15) is 11.5 Å². The molecule has 2 rings (SSSR count). The summed E-state index contributed by atoms with van der Waals surface area (Å²) in [5.41, 5.74) is 3.58. The Hall–Kier alpha value is -1.51. The fourth-order valence-corrected chi connectivity index (χ4v) is 2.29. The minimum absolute atomic E-state index is 0.736. The van der Waals surface area contributed by atoms with E-state index in [-0.39, 0.29) is 0 Å². The van der Waals surface area contributed by atoms with Gasteiger partial charge in [-0.15, -0.1) is 0 Å². The van der Waals surface area contributed by atoms with E-state index in [9.17, 15) is 0 Å². The van der Waals surface area contributed by atoms with Crippen molar-refractivity contribution >= 4 is 11.6 Å². The highest BCUT2D eigenvalue weighted by Crippen LogP contribution is 2.28. The van der Waals surface area contributed by atoms with Crippen LogP contribution in [0.15, 0.2) is 36.4 Å². The van der Waals surface area contributed by atoms with Gasteiger partial charge in [-0.25, -0.2) is 0 Å². The topological polar surface area (TPSA) is 21.3 Å². The first kappa shape index (κ1) is 15.9. The van der Waals surface area contributed by atoms with Gasteiger partial charge in [0.2, 0.25) is 0 Å². The molecule has 0 aliphatic heterocycles. The summed E-state index contributed by atoms with van der Waals surface area (Å²) in [6.45, 7) is 8.11. The molecule has 3 heteroatoms. The van der Waals surface area contributed by atoms with Crippen molar-refractivity contribution in [1.29, 1.82) is 0 Å². The minimum atomic E-state index is 0.736. The first-order valence-corrected chi connectivity index (χ1v) is 7.72. The molecular weight excluding hydrogens is 282 g/mol. The van der Waals surface area contributed by atoms with Gasteiger partial charge < -0.3 is 10.1 Å². The SMILES string of the molecule is CCCNCc1ccc(Oc2ccc(C)c(C)c2)cc1Cl. The second kappa shape index (κ2) is 7.48. The first-order valence-electron chi connectivity index (χ1n) is 7.34. The molecule has 112 valence electrons. The number of ether oxygens (including phenoxy) is 1. The zero-order valence-electron chi connectivity index (χ0n) is 12.9. The summed E-state index contributed by atoms with van der Waals surface area (Å²) in [4.78, 5) is 0. The molecule has 2 nitrogen and oxygen atoms in total. The summed E-state index contributed by atoms with van der Waals surface area (Å²) in [7, 11) is 0. The van der Waals surface area contributed by atoms with E-state index in [0.717, 1.165) is 41.6 Å². The summed E-state index contributed by atoms with van der Waals surface area (Å²) in [5, 5.41) is 4.09. The third kappa shape index (κ3) is 4.48. The van der Waals surface area contributed by atoms with E-state index in [0.29, 0.717) is 0 Å². The zero-order chi connectivity index (χ0) is 15.2. The number of hydrogen-bond acceptors (Lipinski definition) is 2. The van der Waals surface area contributed by atoms with Crippen LogP contribution in [0.5, 0.6) is 11.5 Å². The minimum Gasteiger partial charge on any atom is -0.457 e. The average molecular weight is 304 g/mol. The van der Waals surface area contributed by atoms with E-state index < -0.39 is 0 Å². The third-order valence-electron chi connectivity index (χ3n) is 3.48. The van der Waals surface area contributed by atoms with E-state index in [1.807, 2.05) is 30.3 Å². The smallest absolute Gasteiger partial charge is 0.128 e. The van der Waals surface area contributed by atoms with Crippen molar-refractivity contribution in [2.24, 2.45) is 0 Å². The maximum atomic E-state index is 6.31. The number of rotatable bonds is 6. The maximum absolute atomic E-state index is 6.31. The van der Waals surface area contributed by atoms with Gasteiger partial charge in [-0.05, 0) is 67.8 Å². The lowest BCUT2D eigenvalue weighted by atomic mass is 10.1. The Morgan fingerprint density at radius 3 is 2.38 bits per heavy atom. The van der Waals surface area contributed by atoms with Crippen molar-refractivity contribution in [3.63, 3.8) is 0 Å². The lowest BCUT2D eigenvalue weighted by molar-refractivity contribution is 0.482. The van der Waals surface area contributed by atoms with Crippen molar-refractivity contribution in [2.75, 3.05) is 6.54 Å². The normalized spacial score (nSPS) is 10.7. The van der Waals surface area contributed by atoms with Crippen LogP contribution in [0.4, 0.5) is 0 Å². The molecule has 0 aliphatic carbocycles. The Morgan fingerprint density at radius 1 is 1.00 bits per heavy atom.